The molecule has 0 atom stereocenters. The quantitative estimate of drug-likeness (QED) is 0.553. The van der Waals surface area contributed by atoms with Crippen molar-refractivity contribution in [1.29, 1.82) is 0 Å². The van der Waals surface area contributed by atoms with E-state index in [1.54, 1.807) is 6.07 Å². The molecule has 0 aliphatic rings. The number of H-pyrrole nitrogens is 1. The Morgan fingerprint density at radius 2 is 1.92 bits per heavy atom. The SMILES string of the molecule is CCN(CC(=O)Nc1ccccc1I)Cc1nc2ccccc2c(=O)[nH]1. The third kappa shape index (κ3) is 4.47. The second-order valence-corrected chi connectivity index (χ2v) is 7.02. The third-order valence-electron chi connectivity index (χ3n) is 4.00. The van der Waals surface area contributed by atoms with E-state index in [4.69, 9.17) is 0 Å². The molecule has 0 fully saturated rings. The molecule has 0 spiro atoms. The minimum atomic E-state index is -0.162. The van der Waals surface area contributed by atoms with Crippen molar-refractivity contribution in [3.63, 3.8) is 0 Å². The van der Waals surface area contributed by atoms with Crippen LogP contribution in [-0.4, -0.2) is 33.9 Å². The number of amides is 1. The van der Waals surface area contributed by atoms with Gasteiger partial charge in [-0.3, -0.25) is 14.5 Å². The maximum atomic E-state index is 12.4. The van der Waals surface area contributed by atoms with Gasteiger partial charge in [-0.25, -0.2) is 4.98 Å². The zero-order valence-electron chi connectivity index (χ0n) is 14.3. The number of carbonyl (C=O) groups is 1. The lowest BCUT2D eigenvalue weighted by Gasteiger charge is -2.19. The number of anilines is 1. The highest BCUT2D eigenvalue weighted by Crippen LogP contribution is 2.16. The molecule has 0 radical (unpaired) electrons. The van der Waals surface area contributed by atoms with Gasteiger partial charge in [0.15, 0.2) is 0 Å². The number of nitrogens with zero attached hydrogens (tertiary/aromatic N) is 2. The number of rotatable bonds is 6. The Morgan fingerprint density at radius 1 is 1.19 bits per heavy atom. The van der Waals surface area contributed by atoms with E-state index in [2.05, 4.69) is 37.9 Å². The monoisotopic (exact) mass is 462 g/mol. The molecule has 26 heavy (non-hydrogen) atoms. The van der Waals surface area contributed by atoms with Gasteiger partial charge < -0.3 is 10.3 Å². The van der Waals surface area contributed by atoms with E-state index in [0.717, 1.165) is 9.26 Å². The Kier molecular flexibility index (Phi) is 6.00. The lowest BCUT2D eigenvalue weighted by atomic mass is 10.2. The Labute approximate surface area is 164 Å². The Morgan fingerprint density at radius 3 is 2.69 bits per heavy atom. The highest BCUT2D eigenvalue weighted by molar-refractivity contribution is 14.1. The summed E-state index contributed by atoms with van der Waals surface area (Å²) in [5, 5.41) is 3.49. The minimum Gasteiger partial charge on any atom is -0.324 e. The van der Waals surface area contributed by atoms with Gasteiger partial charge in [0.25, 0.3) is 5.56 Å². The zero-order valence-corrected chi connectivity index (χ0v) is 16.5. The van der Waals surface area contributed by atoms with E-state index >= 15 is 0 Å². The van der Waals surface area contributed by atoms with Crippen LogP contribution in [0.4, 0.5) is 5.69 Å². The van der Waals surface area contributed by atoms with Crippen LogP contribution in [0.3, 0.4) is 0 Å². The van der Waals surface area contributed by atoms with E-state index in [1.807, 2.05) is 54.3 Å². The molecule has 0 unspecified atom stereocenters. The fourth-order valence-electron chi connectivity index (χ4n) is 2.66. The van der Waals surface area contributed by atoms with Gasteiger partial charge in [-0.2, -0.15) is 0 Å². The summed E-state index contributed by atoms with van der Waals surface area (Å²) in [6, 6.07) is 14.9. The van der Waals surface area contributed by atoms with Crippen molar-refractivity contribution >= 4 is 45.1 Å². The van der Waals surface area contributed by atoms with Crippen LogP contribution in [0.1, 0.15) is 12.7 Å². The molecule has 1 heterocycles. The number of aromatic amines is 1. The molecule has 0 saturated carbocycles. The summed E-state index contributed by atoms with van der Waals surface area (Å²) in [4.78, 5) is 33.8. The molecule has 7 heteroatoms. The average Bonchev–Trinajstić information content (AvgIpc) is 2.63. The number of nitrogens with one attached hydrogen (secondary N) is 2. The van der Waals surface area contributed by atoms with Crippen molar-refractivity contribution in [2.24, 2.45) is 0 Å². The summed E-state index contributed by atoms with van der Waals surface area (Å²) in [5.41, 5.74) is 1.29. The first kappa shape index (κ1) is 18.5. The topological polar surface area (TPSA) is 78.1 Å². The molecule has 1 amide bonds. The number of carbonyl (C=O) groups excluding carboxylic acids is 1. The summed E-state index contributed by atoms with van der Waals surface area (Å²) in [7, 11) is 0. The van der Waals surface area contributed by atoms with Crippen LogP contribution in [0.25, 0.3) is 10.9 Å². The van der Waals surface area contributed by atoms with E-state index in [9.17, 15) is 9.59 Å². The maximum Gasteiger partial charge on any atom is 0.258 e. The molecule has 134 valence electrons. The van der Waals surface area contributed by atoms with Crippen molar-refractivity contribution in [1.82, 2.24) is 14.9 Å². The molecule has 1 aromatic heterocycles. The second-order valence-electron chi connectivity index (χ2n) is 5.86. The number of hydrogen-bond donors (Lipinski definition) is 2. The molecule has 6 nitrogen and oxygen atoms in total. The van der Waals surface area contributed by atoms with Crippen LogP contribution in [-0.2, 0) is 11.3 Å². The molecule has 3 rings (SSSR count). The van der Waals surface area contributed by atoms with E-state index < -0.39 is 0 Å². The number of benzene rings is 2. The Bertz CT molecular complexity index is 986. The van der Waals surface area contributed by atoms with Gasteiger partial charge in [-0.05, 0) is 53.4 Å². The normalized spacial score (nSPS) is 11.0. The smallest absolute Gasteiger partial charge is 0.258 e. The van der Waals surface area contributed by atoms with Crippen molar-refractivity contribution in [3.05, 3.63) is 68.3 Å². The minimum absolute atomic E-state index is 0.0981. The lowest BCUT2D eigenvalue weighted by molar-refractivity contribution is -0.117. The Balaban J connectivity index is 1.70. The molecule has 0 aliphatic heterocycles. The van der Waals surface area contributed by atoms with Gasteiger partial charge in [0.2, 0.25) is 5.91 Å². The Hall–Kier alpha value is -2.26. The van der Waals surface area contributed by atoms with Gasteiger partial charge >= 0.3 is 0 Å². The highest BCUT2D eigenvalue weighted by atomic mass is 127. The van der Waals surface area contributed by atoms with Crippen LogP contribution in [0.5, 0.6) is 0 Å². The molecule has 3 aromatic rings. The van der Waals surface area contributed by atoms with Crippen LogP contribution in [0.15, 0.2) is 53.3 Å². The average molecular weight is 462 g/mol. The molecule has 0 aliphatic carbocycles. The molecule has 0 saturated heterocycles. The van der Waals surface area contributed by atoms with Gasteiger partial charge in [0.05, 0.1) is 29.7 Å². The maximum absolute atomic E-state index is 12.4. The standard InChI is InChI=1S/C19H19IN4O2/c1-2-24(12-18(25)22-16-10-6-4-8-14(16)20)11-17-21-15-9-5-3-7-13(15)19(26)23-17/h3-10H,2,11-12H2,1H3,(H,22,25)(H,21,23,26). The summed E-state index contributed by atoms with van der Waals surface area (Å²) in [5.74, 6) is 0.455. The predicted molar refractivity (Wildman–Crippen MR) is 111 cm³/mol. The van der Waals surface area contributed by atoms with Crippen LogP contribution >= 0.6 is 22.6 Å². The lowest BCUT2D eigenvalue weighted by Crippen LogP contribution is -2.34. The number of aromatic nitrogens is 2. The first-order valence-corrected chi connectivity index (χ1v) is 9.39. The van der Waals surface area contributed by atoms with Crippen molar-refractivity contribution in [3.8, 4) is 0 Å². The summed E-state index contributed by atoms with van der Waals surface area (Å²) >= 11 is 2.19. The van der Waals surface area contributed by atoms with Crippen LogP contribution < -0.4 is 10.9 Å². The summed E-state index contributed by atoms with van der Waals surface area (Å²) in [6.45, 7) is 3.25. The zero-order chi connectivity index (χ0) is 18.5. The summed E-state index contributed by atoms with van der Waals surface area (Å²) < 4.78 is 0.988. The fraction of sp³-hybridized carbons (Fsp3) is 0.211. The fourth-order valence-corrected chi connectivity index (χ4v) is 3.18. The summed E-state index contributed by atoms with van der Waals surface area (Å²) in [6.07, 6.45) is 0. The third-order valence-corrected chi connectivity index (χ3v) is 4.94. The number of likely N-dealkylation sites (N-methyl/N-ethyl adjacent to an activating group) is 1. The molecule has 2 N–H and O–H groups in total. The van der Waals surface area contributed by atoms with Gasteiger partial charge in [0.1, 0.15) is 5.82 Å². The number of halogens is 1. The van der Waals surface area contributed by atoms with Crippen molar-refractivity contribution in [2.45, 2.75) is 13.5 Å². The second kappa shape index (κ2) is 8.41. The molecule has 2 aromatic carbocycles. The molecule has 0 bridgehead atoms. The van der Waals surface area contributed by atoms with Gasteiger partial charge in [-0.15, -0.1) is 0 Å². The van der Waals surface area contributed by atoms with Gasteiger partial charge in [0, 0.05) is 3.57 Å². The van der Waals surface area contributed by atoms with E-state index in [1.165, 1.54) is 0 Å². The van der Waals surface area contributed by atoms with Crippen LogP contribution in [0, 0.1) is 3.57 Å². The number of para-hydroxylation sites is 2. The van der Waals surface area contributed by atoms with Gasteiger partial charge in [-0.1, -0.05) is 31.2 Å². The van der Waals surface area contributed by atoms with E-state index in [0.29, 0.717) is 29.8 Å². The molecular weight excluding hydrogens is 443 g/mol. The molecular formula is C19H19IN4O2. The number of fused-ring (bicyclic) bond motifs is 1. The highest BCUT2D eigenvalue weighted by Gasteiger charge is 2.13. The first-order valence-electron chi connectivity index (χ1n) is 8.31. The number of hydrogen-bond acceptors (Lipinski definition) is 4. The largest absolute Gasteiger partial charge is 0.324 e. The van der Waals surface area contributed by atoms with Crippen molar-refractivity contribution in [2.75, 3.05) is 18.4 Å². The van der Waals surface area contributed by atoms with Crippen LogP contribution in [0.2, 0.25) is 0 Å². The first-order chi connectivity index (χ1) is 12.6. The predicted octanol–water partition coefficient (Wildman–Crippen LogP) is 2.99. The van der Waals surface area contributed by atoms with E-state index in [-0.39, 0.29) is 18.0 Å². The van der Waals surface area contributed by atoms with Crippen molar-refractivity contribution < 1.29 is 4.79 Å².